The molecule has 1 aromatic rings. The minimum Gasteiger partial charge on any atom is -0.440 e. The van der Waals surface area contributed by atoms with Crippen molar-refractivity contribution < 1.29 is 13.9 Å². The Labute approximate surface area is 111 Å². The Morgan fingerprint density at radius 3 is 3.06 bits per heavy atom. The molecule has 0 saturated carbocycles. The predicted molar refractivity (Wildman–Crippen MR) is 67.9 cm³/mol. The second-order valence-corrected chi connectivity index (χ2v) is 4.90. The molecule has 1 aromatic heterocycles. The maximum absolute atomic E-state index is 11.8. The molecule has 1 fully saturated rings. The van der Waals surface area contributed by atoms with Crippen LogP contribution in [0.15, 0.2) is 16.5 Å². The van der Waals surface area contributed by atoms with Crippen LogP contribution in [-0.4, -0.2) is 38.3 Å². The number of carbonyl (C=O) groups excluding carboxylic acids is 1. The van der Waals surface area contributed by atoms with Crippen molar-refractivity contribution in [1.29, 1.82) is 0 Å². The van der Waals surface area contributed by atoms with Gasteiger partial charge in [-0.3, -0.25) is 4.79 Å². The van der Waals surface area contributed by atoms with Crippen molar-refractivity contribution in [3.05, 3.63) is 23.1 Å². The molecule has 0 spiro atoms. The normalized spacial score (nSPS) is 23.2. The van der Waals surface area contributed by atoms with Crippen molar-refractivity contribution in [1.82, 2.24) is 10.6 Å². The summed E-state index contributed by atoms with van der Waals surface area (Å²) in [6.45, 7) is 2.04. The van der Waals surface area contributed by atoms with Crippen molar-refractivity contribution in [2.45, 2.75) is 18.4 Å². The third-order valence-corrected chi connectivity index (χ3v) is 3.34. The molecule has 1 unspecified atom stereocenters. The second kappa shape index (κ2) is 5.73. The number of hydrogen-bond acceptors (Lipinski definition) is 4. The van der Waals surface area contributed by atoms with E-state index in [-0.39, 0.29) is 22.4 Å². The molecule has 100 valence electrons. The summed E-state index contributed by atoms with van der Waals surface area (Å²) in [5.41, 5.74) is -0.166. The summed E-state index contributed by atoms with van der Waals surface area (Å²) in [5, 5.41) is 6.45. The second-order valence-electron chi connectivity index (χ2n) is 4.53. The van der Waals surface area contributed by atoms with Gasteiger partial charge < -0.3 is 19.8 Å². The van der Waals surface area contributed by atoms with Crippen LogP contribution in [0.3, 0.4) is 0 Å². The molecule has 1 aliphatic heterocycles. The Bertz CT molecular complexity index is 413. The van der Waals surface area contributed by atoms with E-state index in [1.54, 1.807) is 19.2 Å². The van der Waals surface area contributed by atoms with Crippen LogP contribution in [0.5, 0.6) is 0 Å². The molecule has 5 nitrogen and oxygen atoms in total. The smallest absolute Gasteiger partial charge is 0.287 e. The van der Waals surface area contributed by atoms with Gasteiger partial charge in [0.1, 0.15) is 0 Å². The van der Waals surface area contributed by atoms with Crippen LogP contribution >= 0.6 is 11.6 Å². The van der Waals surface area contributed by atoms with Gasteiger partial charge in [0.15, 0.2) is 11.0 Å². The molecule has 0 aliphatic carbocycles. The van der Waals surface area contributed by atoms with Crippen LogP contribution < -0.4 is 10.6 Å². The monoisotopic (exact) mass is 272 g/mol. The van der Waals surface area contributed by atoms with Crippen LogP contribution in [0.25, 0.3) is 0 Å². The fourth-order valence-electron chi connectivity index (χ4n) is 2.24. The molecule has 18 heavy (non-hydrogen) atoms. The molecular weight excluding hydrogens is 256 g/mol. The van der Waals surface area contributed by atoms with Gasteiger partial charge in [-0.15, -0.1) is 0 Å². The molecule has 6 heteroatoms. The van der Waals surface area contributed by atoms with Gasteiger partial charge in [0.25, 0.3) is 5.91 Å². The molecule has 2 rings (SSSR count). The van der Waals surface area contributed by atoms with Crippen molar-refractivity contribution in [3.8, 4) is 0 Å². The lowest BCUT2D eigenvalue weighted by Crippen LogP contribution is -2.52. The minimum atomic E-state index is -0.258. The largest absolute Gasteiger partial charge is 0.440 e. The summed E-state index contributed by atoms with van der Waals surface area (Å²) >= 11 is 5.63. The number of halogens is 1. The van der Waals surface area contributed by atoms with E-state index in [4.69, 9.17) is 20.8 Å². The van der Waals surface area contributed by atoms with E-state index in [1.165, 1.54) is 0 Å². The van der Waals surface area contributed by atoms with Crippen molar-refractivity contribution in [2.75, 3.05) is 26.8 Å². The molecule has 1 atom stereocenters. The SMILES string of the molecule is COCC1(CNC(=O)c2ccc(Cl)o2)CCCN1. The van der Waals surface area contributed by atoms with Gasteiger partial charge in [0, 0.05) is 13.7 Å². The summed E-state index contributed by atoms with van der Waals surface area (Å²) < 4.78 is 10.3. The Kier molecular flexibility index (Phi) is 4.27. The van der Waals surface area contributed by atoms with Gasteiger partial charge in [-0.1, -0.05) is 0 Å². The number of amides is 1. The number of furan rings is 1. The van der Waals surface area contributed by atoms with Crippen molar-refractivity contribution in [3.63, 3.8) is 0 Å². The highest BCUT2D eigenvalue weighted by atomic mass is 35.5. The van der Waals surface area contributed by atoms with Crippen LogP contribution in [0.4, 0.5) is 0 Å². The highest BCUT2D eigenvalue weighted by Crippen LogP contribution is 2.19. The van der Waals surface area contributed by atoms with Crippen molar-refractivity contribution in [2.24, 2.45) is 0 Å². The molecule has 2 N–H and O–H groups in total. The predicted octanol–water partition coefficient (Wildman–Crippen LogP) is 1.43. The lowest BCUT2D eigenvalue weighted by molar-refractivity contribution is 0.0867. The Hall–Kier alpha value is -1.04. The zero-order valence-corrected chi connectivity index (χ0v) is 11.0. The number of ether oxygens (including phenoxy) is 1. The molecular formula is C12H17ClN2O3. The van der Waals surface area contributed by atoms with Gasteiger partial charge >= 0.3 is 0 Å². The lowest BCUT2D eigenvalue weighted by atomic mass is 9.98. The first kappa shape index (κ1) is 13.4. The van der Waals surface area contributed by atoms with Gasteiger partial charge in [-0.2, -0.15) is 0 Å². The number of carbonyl (C=O) groups is 1. The Balaban J connectivity index is 1.91. The summed E-state index contributed by atoms with van der Waals surface area (Å²) in [6, 6.07) is 3.11. The number of nitrogens with one attached hydrogen (secondary N) is 2. The van der Waals surface area contributed by atoms with E-state index >= 15 is 0 Å². The van der Waals surface area contributed by atoms with E-state index in [1.807, 2.05) is 0 Å². The van der Waals surface area contributed by atoms with Crippen LogP contribution in [0, 0.1) is 0 Å². The first-order valence-corrected chi connectivity index (χ1v) is 6.30. The molecule has 0 bridgehead atoms. The molecule has 1 aliphatic rings. The number of rotatable bonds is 5. The third kappa shape index (κ3) is 3.04. The van der Waals surface area contributed by atoms with Gasteiger partial charge in [0.2, 0.25) is 0 Å². The zero-order chi connectivity index (χ0) is 13.0. The van der Waals surface area contributed by atoms with E-state index < -0.39 is 0 Å². The lowest BCUT2D eigenvalue weighted by Gasteiger charge is -2.28. The van der Waals surface area contributed by atoms with Crippen LogP contribution in [0.2, 0.25) is 5.22 Å². The quantitative estimate of drug-likeness (QED) is 0.851. The summed E-state index contributed by atoms with van der Waals surface area (Å²) in [6.07, 6.45) is 2.08. The standard InChI is InChI=1S/C12H17ClN2O3/c1-17-8-12(5-2-6-15-12)7-14-11(16)9-3-4-10(13)18-9/h3-4,15H,2,5-8H2,1H3,(H,14,16). The van der Waals surface area contributed by atoms with Gasteiger partial charge in [0.05, 0.1) is 12.1 Å². The summed E-state index contributed by atoms with van der Waals surface area (Å²) in [7, 11) is 1.66. The topological polar surface area (TPSA) is 63.5 Å². The first-order valence-electron chi connectivity index (χ1n) is 5.93. The van der Waals surface area contributed by atoms with E-state index in [2.05, 4.69) is 10.6 Å². The van der Waals surface area contributed by atoms with Gasteiger partial charge in [-0.25, -0.2) is 0 Å². The maximum atomic E-state index is 11.8. The van der Waals surface area contributed by atoms with E-state index in [9.17, 15) is 4.79 Å². The number of methoxy groups -OCH3 is 1. The Morgan fingerprint density at radius 1 is 1.67 bits per heavy atom. The molecule has 2 heterocycles. The molecule has 0 radical (unpaired) electrons. The van der Waals surface area contributed by atoms with Crippen LogP contribution in [-0.2, 0) is 4.74 Å². The number of hydrogen-bond donors (Lipinski definition) is 2. The fraction of sp³-hybridized carbons (Fsp3) is 0.583. The molecule has 1 amide bonds. The molecule has 0 aromatic carbocycles. The van der Waals surface area contributed by atoms with Gasteiger partial charge in [-0.05, 0) is 43.1 Å². The third-order valence-electron chi connectivity index (χ3n) is 3.14. The first-order chi connectivity index (χ1) is 8.65. The summed E-state index contributed by atoms with van der Waals surface area (Å²) in [4.78, 5) is 11.8. The average molecular weight is 273 g/mol. The van der Waals surface area contributed by atoms with E-state index in [0.29, 0.717) is 13.2 Å². The van der Waals surface area contributed by atoms with Crippen LogP contribution in [0.1, 0.15) is 23.4 Å². The Morgan fingerprint density at radius 2 is 2.50 bits per heavy atom. The maximum Gasteiger partial charge on any atom is 0.287 e. The zero-order valence-electron chi connectivity index (χ0n) is 10.3. The highest BCUT2D eigenvalue weighted by Gasteiger charge is 2.34. The fourth-order valence-corrected chi connectivity index (χ4v) is 2.39. The summed E-state index contributed by atoms with van der Waals surface area (Å²) in [5.74, 6) is -0.0309. The highest BCUT2D eigenvalue weighted by molar-refractivity contribution is 6.29. The van der Waals surface area contributed by atoms with Crippen molar-refractivity contribution >= 4 is 17.5 Å². The minimum absolute atomic E-state index is 0.166. The molecule has 1 saturated heterocycles. The van der Waals surface area contributed by atoms with E-state index in [0.717, 1.165) is 19.4 Å². The average Bonchev–Trinajstić information content (AvgIpc) is 2.97.